The van der Waals surface area contributed by atoms with Crippen molar-refractivity contribution in [2.75, 3.05) is 12.8 Å². The van der Waals surface area contributed by atoms with Gasteiger partial charge >= 0.3 is 0 Å². The van der Waals surface area contributed by atoms with Crippen LogP contribution in [0, 0.1) is 13.8 Å². The van der Waals surface area contributed by atoms with Crippen molar-refractivity contribution in [2.45, 2.75) is 13.8 Å². The van der Waals surface area contributed by atoms with Crippen molar-refractivity contribution in [3.63, 3.8) is 0 Å². The topological polar surface area (TPSA) is 61.3 Å². The normalized spacial score (nSPS) is 10.4. The first-order chi connectivity index (χ1) is 7.63. The summed E-state index contributed by atoms with van der Waals surface area (Å²) in [4.78, 5) is 0. The van der Waals surface area contributed by atoms with Gasteiger partial charge in [0.05, 0.1) is 18.9 Å². The summed E-state index contributed by atoms with van der Waals surface area (Å²) < 4.78 is 10.1. The lowest BCUT2D eigenvalue weighted by atomic mass is 9.97. The van der Waals surface area contributed by atoms with Crippen LogP contribution in [0.15, 0.2) is 22.9 Å². The minimum absolute atomic E-state index is 0.344. The predicted molar refractivity (Wildman–Crippen MR) is 62.4 cm³/mol. The lowest BCUT2D eigenvalue weighted by molar-refractivity contribution is 0.414. The minimum Gasteiger partial charge on any atom is -0.497 e. The zero-order chi connectivity index (χ0) is 11.7. The first-order valence-electron chi connectivity index (χ1n) is 4.99. The van der Waals surface area contributed by atoms with Gasteiger partial charge in [0.2, 0.25) is 5.88 Å². The van der Waals surface area contributed by atoms with Gasteiger partial charge in [0.1, 0.15) is 5.75 Å². The molecule has 0 spiro atoms. The number of nitrogens with zero attached hydrogens (tertiary/aromatic N) is 1. The number of hydrogen-bond donors (Lipinski definition) is 1. The quantitative estimate of drug-likeness (QED) is 0.841. The number of aryl methyl sites for hydroxylation is 2. The molecular weight excluding hydrogens is 204 g/mol. The molecule has 2 N–H and O–H groups in total. The van der Waals surface area contributed by atoms with Gasteiger partial charge < -0.3 is 15.0 Å². The van der Waals surface area contributed by atoms with E-state index >= 15 is 0 Å². The van der Waals surface area contributed by atoms with E-state index in [0.29, 0.717) is 5.88 Å². The molecule has 1 aromatic heterocycles. The Labute approximate surface area is 94.0 Å². The number of anilines is 1. The van der Waals surface area contributed by atoms with E-state index in [1.54, 1.807) is 13.3 Å². The molecule has 0 fully saturated rings. The zero-order valence-corrected chi connectivity index (χ0v) is 9.57. The van der Waals surface area contributed by atoms with Crippen LogP contribution in [-0.4, -0.2) is 12.3 Å². The molecule has 4 nitrogen and oxygen atoms in total. The summed E-state index contributed by atoms with van der Waals surface area (Å²) in [5.74, 6) is 1.19. The first-order valence-corrected chi connectivity index (χ1v) is 4.99. The largest absolute Gasteiger partial charge is 0.497 e. The molecule has 0 aliphatic carbocycles. The molecule has 4 heteroatoms. The Morgan fingerprint density at radius 2 is 1.88 bits per heavy atom. The van der Waals surface area contributed by atoms with Gasteiger partial charge in [-0.3, -0.25) is 0 Å². The molecule has 1 aromatic carbocycles. The monoisotopic (exact) mass is 218 g/mol. The van der Waals surface area contributed by atoms with E-state index < -0.39 is 0 Å². The average Bonchev–Trinajstić information content (AvgIpc) is 2.64. The van der Waals surface area contributed by atoms with Crippen LogP contribution in [0.4, 0.5) is 5.88 Å². The summed E-state index contributed by atoms with van der Waals surface area (Å²) in [5, 5.41) is 3.69. The third kappa shape index (κ3) is 1.62. The van der Waals surface area contributed by atoms with Gasteiger partial charge in [0.15, 0.2) is 0 Å². The lowest BCUT2D eigenvalue weighted by Crippen LogP contribution is -1.93. The predicted octanol–water partition coefficient (Wildman–Crippen LogP) is 2.55. The van der Waals surface area contributed by atoms with E-state index in [4.69, 9.17) is 15.0 Å². The maximum Gasteiger partial charge on any atom is 0.229 e. The summed E-state index contributed by atoms with van der Waals surface area (Å²) >= 11 is 0. The highest BCUT2D eigenvalue weighted by Crippen LogP contribution is 2.33. The van der Waals surface area contributed by atoms with Gasteiger partial charge in [-0.25, -0.2) is 0 Å². The number of benzene rings is 1. The zero-order valence-electron chi connectivity index (χ0n) is 9.57. The van der Waals surface area contributed by atoms with Crippen molar-refractivity contribution in [3.05, 3.63) is 29.5 Å². The third-order valence-electron chi connectivity index (χ3n) is 2.61. The Morgan fingerprint density at radius 1 is 1.25 bits per heavy atom. The molecule has 0 radical (unpaired) electrons. The molecule has 0 atom stereocenters. The van der Waals surface area contributed by atoms with Crippen molar-refractivity contribution in [1.82, 2.24) is 5.16 Å². The van der Waals surface area contributed by atoms with E-state index in [1.165, 1.54) is 0 Å². The number of aromatic nitrogens is 1. The molecule has 2 rings (SSSR count). The fourth-order valence-corrected chi connectivity index (χ4v) is 1.90. The standard InChI is InChI=1S/C12H14N2O2/c1-7-4-9(15-3)5-8(2)11(7)10-6-14-16-12(10)13/h4-6H,13H2,1-3H3. The van der Waals surface area contributed by atoms with Crippen LogP contribution >= 0.6 is 0 Å². The van der Waals surface area contributed by atoms with Gasteiger partial charge in [0.25, 0.3) is 0 Å². The fourth-order valence-electron chi connectivity index (χ4n) is 1.90. The van der Waals surface area contributed by atoms with E-state index in [2.05, 4.69) is 5.16 Å². The molecule has 0 saturated heterocycles. The van der Waals surface area contributed by atoms with Gasteiger partial charge in [-0.2, -0.15) is 0 Å². The van der Waals surface area contributed by atoms with E-state index in [0.717, 1.165) is 28.0 Å². The van der Waals surface area contributed by atoms with Crippen LogP contribution in [0.3, 0.4) is 0 Å². The molecular formula is C12H14N2O2. The van der Waals surface area contributed by atoms with Crippen molar-refractivity contribution in [3.8, 4) is 16.9 Å². The second kappa shape index (κ2) is 3.89. The molecule has 1 heterocycles. The molecule has 16 heavy (non-hydrogen) atoms. The minimum atomic E-state index is 0.344. The molecule has 0 aliphatic heterocycles. The highest BCUT2D eigenvalue weighted by atomic mass is 16.5. The Kier molecular flexibility index (Phi) is 2.56. The molecule has 0 bridgehead atoms. The van der Waals surface area contributed by atoms with Gasteiger partial charge in [0, 0.05) is 0 Å². The molecule has 0 aliphatic rings. The number of nitrogen functional groups attached to an aromatic ring is 1. The molecule has 0 saturated carbocycles. The SMILES string of the molecule is COc1cc(C)c(-c2cnoc2N)c(C)c1. The van der Waals surface area contributed by atoms with Crippen LogP contribution < -0.4 is 10.5 Å². The molecule has 2 aromatic rings. The van der Waals surface area contributed by atoms with E-state index in [1.807, 2.05) is 26.0 Å². The summed E-state index contributed by atoms with van der Waals surface area (Å²) in [7, 11) is 1.65. The van der Waals surface area contributed by atoms with Crippen LogP contribution in [0.2, 0.25) is 0 Å². The van der Waals surface area contributed by atoms with Crippen LogP contribution in [-0.2, 0) is 0 Å². The second-order valence-electron chi connectivity index (χ2n) is 3.74. The summed E-state index contributed by atoms with van der Waals surface area (Å²) in [6, 6.07) is 3.93. The van der Waals surface area contributed by atoms with Gasteiger partial charge in [-0.1, -0.05) is 5.16 Å². The highest BCUT2D eigenvalue weighted by molar-refractivity contribution is 5.77. The second-order valence-corrected chi connectivity index (χ2v) is 3.74. The molecule has 0 amide bonds. The lowest BCUT2D eigenvalue weighted by Gasteiger charge is -2.10. The average molecular weight is 218 g/mol. The highest BCUT2D eigenvalue weighted by Gasteiger charge is 2.13. The first kappa shape index (κ1) is 10.5. The molecule has 84 valence electrons. The third-order valence-corrected chi connectivity index (χ3v) is 2.61. The van der Waals surface area contributed by atoms with Crippen molar-refractivity contribution in [2.24, 2.45) is 0 Å². The Balaban J connectivity index is 2.62. The smallest absolute Gasteiger partial charge is 0.229 e. The summed E-state index contributed by atoms with van der Waals surface area (Å²) in [6.07, 6.45) is 1.64. The van der Waals surface area contributed by atoms with Crippen molar-refractivity contribution < 1.29 is 9.26 Å². The maximum atomic E-state index is 5.72. The van der Waals surface area contributed by atoms with Crippen LogP contribution in [0.25, 0.3) is 11.1 Å². The van der Waals surface area contributed by atoms with Crippen LogP contribution in [0.1, 0.15) is 11.1 Å². The van der Waals surface area contributed by atoms with Gasteiger partial charge in [-0.15, -0.1) is 0 Å². The van der Waals surface area contributed by atoms with E-state index in [9.17, 15) is 0 Å². The summed E-state index contributed by atoms with van der Waals surface area (Å²) in [6.45, 7) is 4.02. The van der Waals surface area contributed by atoms with E-state index in [-0.39, 0.29) is 0 Å². The Morgan fingerprint density at radius 3 is 2.31 bits per heavy atom. The van der Waals surface area contributed by atoms with Gasteiger partial charge in [-0.05, 0) is 42.7 Å². The number of ether oxygens (including phenoxy) is 1. The maximum absolute atomic E-state index is 5.72. The number of methoxy groups -OCH3 is 1. The number of rotatable bonds is 2. The number of hydrogen-bond acceptors (Lipinski definition) is 4. The van der Waals surface area contributed by atoms with Crippen LogP contribution in [0.5, 0.6) is 5.75 Å². The summed E-state index contributed by atoms with van der Waals surface area (Å²) in [5.41, 5.74) is 9.79. The fraction of sp³-hybridized carbons (Fsp3) is 0.250. The van der Waals surface area contributed by atoms with Crippen molar-refractivity contribution in [1.29, 1.82) is 0 Å². The Bertz CT molecular complexity index is 494. The molecule has 0 unspecified atom stereocenters. The van der Waals surface area contributed by atoms with Crippen molar-refractivity contribution >= 4 is 5.88 Å². The number of nitrogens with two attached hydrogens (primary N) is 1. The Hall–Kier alpha value is -1.97.